The molecule has 0 spiro atoms. The third-order valence-corrected chi connectivity index (χ3v) is 3.00. The quantitative estimate of drug-likeness (QED) is 0.833. The number of ketones is 1. The second-order valence-corrected chi connectivity index (χ2v) is 4.61. The third kappa shape index (κ3) is 3.60. The molecule has 1 aromatic carbocycles. The van der Waals surface area contributed by atoms with Crippen molar-refractivity contribution in [1.82, 2.24) is 5.32 Å². The maximum Gasteiger partial charge on any atom is 0.221 e. The Morgan fingerprint density at radius 3 is 2.41 bits per heavy atom. The highest BCUT2D eigenvalue weighted by molar-refractivity contribution is 6.22. The predicted octanol–water partition coefficient (Wildman–Crippen LogP) is 1.93. The lowest BCUT2D eigenvalue weighted by molar-refractivity contribution is -0.120. The van der Waals surface area contributed by atoms with Gasteiger partial charge in [-0.15, -0.1) is 0 Å². The number of ether oxygens (including phenoxy) is 1. The highest BCUT2D eigenvalue weighted by atomic mass is 16.5. The standard InChI is InChI=1S/C16H17N3O3/c1-10(20)18-13-8-14(16(22-3)9-15(13)21)19-12-6-4-11(17-2)5-7-12/h4-9,17H,1-3H3,(H,18,20). The van der Waals surface area contributed by atoms with E-state index in [1.807, 2.05) is 31.3 Å². The van der Waals surface area contributed by atoms with E-state index in [0.29, 0.717) is 17.2 Å². The van der Waals surface area contributed by atoms with Gasteiger partial charge in [-0.2, -0.15) is 0 Å². The van der Waals surface area contributed by atoms with Crippen LogP contribution in [0, 0.1) is 0 Å². The van der Waals surface area contributed by atoms with E-state index in [9.17, 15) is 9.59 Å². The maximum absolute atomic E-state index is 11.9. The molecule has 0 saturated heterocycles. The molecule has 0 fully saturated rings. The highest BCUT2D eigenvalue weighted by Gasteiger charge is 2.20. The molecule has 6 nitrogen and oxygen atoms in total. The summed E-state index contributed by atoms with van der Waals surface area (Å²) < 4.78 is 5.18. The van der Waals surface area contributed by atoms with Gasteiger partial charge >= 0.3 is 0 Å². The van der Waals surface area contributed by atoms with Gasteiger partial charge in [0.15, 0.2) is 0 Å². The van der Waals surface area contributed by atoms with Crippen LogP contribution in [0.3, 0.4) is 0 Å². The molecule has 0 radical (unpaired) electrons. The number of aliphatic imine (C=N–C) groups is 1. The molecule has 0 saturated carbocycles. The second-order valence-electron chi connectivity index (χ2n) is 4.61. The number of methoxy groups -OCH3 is 1. The minimum Gasteiger partial charge on any atom is -0.494 e. The molecule has 1 aliphatic rings. The monoisotopic (exact) mass is 299 g/mol. The van der Waals surface area contributed by atoms with Crippen molar-refractivity contribution < 1.29 is 14.3 Å². The van der Waals surface area contributed by atoms with Gasteiger partial charge in [-0.3, -0.25) is 9.59 Å². The average Bonchev–Trinajstić information content (AvgIpc) is 2.50. The molecule has 2 rings (SSSR count). The number of carbonyl (C=O) groups is 2. The fourth-order valence-electron chi connectivity index (χ4n) is 1.93. The first kappa shape index (κ1) is 15.5. The molecule has 2 N–H and O–H groups in total. The van der Waals surface area contributed by atoms with Crippen molar-refractivity contribution in [2.75, 3.05) is 19.5 Å². The maximum atomic E-state index is 11.9. The Balaban J connectivity index is 2.37. The van der Waals surface area contributed by atoms with E-state index in [0.717, 1.165) is 5.69 Å². The molecular formula is C16H17N3O3. The number of hydrogen-bond donors (Lipinski definition) is 2. The fraction of sp³-hybridized carbons (Fsp3) is 0.188. The first-order chi connectivity index (χ1) is 10.5. The van der Waals surface area contributed by atoms with E-state index in [2.05, 4.69) is 15.6 Å². The van der Waals surface area contributed by atoms with Crippen molar-refractivity contribution in [3.8, 4) is 0 Å². The van der Waals surface area contributed by atoms with Gasteiger partial charge in [-0.25, -0.2) is 4.99 Å². The van der Waals surface area contributed by atoms with E-state index in [-0.39, 0.29) is 17.4 Å². The molecule has 0 aliphatic heterocycles. The molecule has 0 atom stereocenters. The first-order valence-corrected chi connectivity index (χ1v) is 6.69. The number of nitrogens with one attached hydrogen (secondary N) is 2. The van der Waals surface area contributed by atoms with Gasteiger partial charge in [0, 0.05) is 25.7 Å². The molecule has 0 aromatic heterocycles. The van der Waals surface area contributed by atoms with Crippen LogP contribution in [0.4, 0.5) is 11.4 Å². The summed E-state index contributed by atoms with van der Waals surface area (Å²) in [6.07, 6.45) is 2.82. The van der Waals surface area contributed by atoms with Crippen molar-refractivity contribution >= 4 is 28.8 Å². The van der Waals surface area contributed by atoms with Crippen molar-refractivity contribution in [3.63, 3.8) is 0 Å². The van der Waals surface area contributed by atoms with Crippen molar-refractivity contribution in [2.45, 2.75) is 6.92 Å². The van der Waals surface area contributed by atoms with Gasteiger partial charge in [-0.05, 0) is 30.3 Å². The second kappa shape index (κ2) is 6.71. The predicted molar refractivity (Wildman–Crippen MR) is 85.1 cm³/mol. The van der Waals surface area contributed by atoms with Gasteiger partial charge in [-0.1, -0.05) is 0 Å². The molecule has 22 heavy (non-hydrogen) atoms. The third-order valence-electron chi connectivity index (χ3n) is 3.00. The minimum absolute atomic E-state index is 0.180. The molecule has 114 valence electrons. The Kier molecular flexibility index (Phi) is 4.73. The van der Waals surface area contributed by atoms with E-state index in [4.69, 9.17) is 4.74 Å². The molecule has 0 heterocycles. The van der Waals surface area contributed by atoms with Gasteiger partial charge in [0.2, 0.25) is 11.7 Å². The largest absolute Gasteiger partial charge is 0.494 e. The van der Waals surface area contributed by atoms with Crippen molar-refractivity contribution in [2.24, 2.45) is 4.99 Å². The summed E-state index contributed by atoms with van der Waals surface area (Å²) in [5, 5.41) is 5.52. The van der Waals surface area contributed by atoms with Gasteiger partial charge in [0.05, 0.1) is 18.5 Å². The number of nitrogens with zero attached hydrogens (tertiary/aromatic N) is 1. The zero-order valence-electron chi connectivity index (χ0n) is 12.6. The zero-order valence-corrected chi connectivity index (χ0v) is 12.6. The summed E-state index contributed by atoms with van der Waals surface area (Å²) in [7, 11) is 3.30. The van der Waals surface area contributed by atoms with Crippen molar-refractivity contribution in [1.29, 1.82) is 0 Å². The Hall–Kier alpha value is -2.89. The van der Waals surface area contributed by atoms with Crippen LogP contribution in [0.1, 0.15) is 6.92 Å². The molecule has 1 amide bonds. The normalized spacial score (nSPS) is 16.0. The lowest BCUT2D eigenvalue weighted by atomic mass is 10.1. The molecule has 1 aliphatic carbocycles. The molecule has 6 heteroatoms. The van der Waals surface area contributed by atoms with Crippen LogP contribution >= 0.6 is 0 Å². The van der Waals surface area contributed by atoms with Crippen LogP contribution in [0.25, 0.3) is 0 Å². The Morgan fingerprint density at radius 2 is 1.86 bits per heavy atom. The van der Waals surface area contributed by atoms with E-state index < -0.39 is 0 Å². The smallest absolute Gasteiger partial charge is 0.221 e. The number of rotatable bonds is 4. The van der Waals surface area contributed by atoms with Crippen LogP contribution in [0.2, 0.25) is 0 Å². The average molecular weight is 299 g/mol. The number of carbonyl (C=O) groups excluding carboxylic acids is 2. The molecular weight excluding hydrogens is 282 g/mol. The Bertz CT molecular complexity index is 685. The first-order valence-electron chi connectivity index (χ1n) is 6.69. The van der Waals surface area contributed by atoms with Gasteiger partial charge < -0.3 is 15.4 Å². The number of allylic oxidation sites excluding steroid dienone is 2. The van der Waals surface area contributed by atoms with Gasteiger partial charge in [0.1, 0.15) is 11.5 Å². The molecule has 0 bridgehead atoms. The van der Waals surface area contributed by atoms with Crippen LogP contribution in [-0.2, 0) is 14.3 Å². The van der Waals surface area contributed by atoms with Gasteiger partial charge in [0.25, 0.3) is 0 Å². The Morgan fingerprint density at radius 1 is 1.18 bits per heavy atom. The highest BCUT2D eigenvalue weighted by Crippen LogP contribution is 2.20. The summed E-state index contributed by atoms with van der Waals surface area (Å²) in [5.41, 5.74) is 2.34. The summed E-state index contributed by atoms with van der Waals surface area (Å²) in [6.45, 7) is 1.34. The van der Waals surface area contributed by atoms with E-state index >= 15 is 0 Å². The van der Waals surface area contributed by atoms with Crippen molar-refractivity contribution in [3.05, 3.63) is 47.9 Å². The molecule has 1 aromatic rings. The Labute approximate surface area is 128 Å². The molecule has 0 unspecified atom stereocenters. The van der Waals surface area contributed by atoms with Crippen LogP contribution in [-0.4, -0.2) is 31.6 Å². The number of anilines is 1. The summed E-state index contributed by atoms with van der Waals surface area (Å²) >= 11 is 0. The number of hydrogen-bond acceptors (Lipinski definition) is 5. The number of amides is 1. The summed E-state index contributed by atoms with van der Waals surface area (Å²) in [4.78, 5) is 27.5. The lowest BCUT2D eigenvalue weighted by Crippen LogP contribution is -2.28. The lowest BCUT2D eigenvalue weighted by Gasteiger charge is -2.14. The van der Waals surface area contributed by atoms with Crippen LogP contribution in [0.15, 0.2) is 52.9 Å². The minimum atomic E-state index is -0.323. The zero-order chi connectivity index (χ0) is 16.1. The summed E-state index contributed by atoms with van der Waals surface area (Å²) in [5.74, 6) is -0.278. The van der Waals surface area contributed by atoms with E-state index in [1.54, 1.807) is 0 Å². The van der Waals surface area contributed by atoms with Crippen LogP contribution in [0.5, 0.6) is 0 Å². The van der Waals surface area contributed by atoms with E-state index in [1.165, 1.54) is 26.2 Å². The topological polar surface area (TPSA) is 79.8 Å². The summed E-state index contributed by atoms with van der Waals surface area (Å²) in [6, 6.07) is 7.47. The number of benzene rings is 1. The van der Waals surface area contributed by atoms with Crippen LogP contribution < -0.4 is 10.6 Å². The SMILES string of the molecule is CNc1ccc(N=C2C=C(NC(C)=O)C(=O)C=C2OC)cc1. The fourth-order valence-corrected chi connectivity index (χ4v) is 1.93.